The number of hydrogen-bond donors (Lipinski definition) is 0. The molecule has 0 aliphatic rings. The first-order chi connectivity index (χ1) is 6.86. The number of aliphatic imine (C=N–C) groups is 1. The van der Waals surface area contributed by atoms with E-state index >= 15 is 0 Å². The molecule has 0 N–H and O–H groups in total. The predicted molar refractivity (Wildman–Crippen MR) is 59.8 cm³/mol. The normalized spacial score (nSPS) is 11.2. The maximum absolute atomic E-state index is 5.61. The van der Waals surface area contributed by atoms with Crippen LogP contribution in [0.25, 0.3) is 17.0 Å². The summed E-state index contributed by atoms with van der Waals surface area (Å²) in [5.74, 6) is 0.767. The van der Waals surface area contributed by atoms with Gasteiger partial charge in [0.05, 0.1) is 6.21 Å². The fourth-order valence-electron chi connectivity index (χ4n) is 1.51. The Hall–Kier alpha value is -1.83. The summed E-state index contributed by atoms with van der Waals surface area (Å²) in [6.07, 6.45) is 3.50. The molecule has 0 aliphatic heterocycles. The van der Waals surface area contributed by atoms with Crippen molar-refractivity contribution in [2.45, 2.75) is 0 Å². The molecule has 0 radical (unpaired) electrons. The van der Waals surface area contributed by atoms with E-state index in [1.807, 2.05) is 24.3 Å². The molecule has 0 aliphatic carbocycles. The number of hydrogen-bond acceptors (Lipinski definition) is 2. The molecule has 1 aromatic heterocycles. The molecule has 2 nitrogen and oxygen atoms in total. The minimum absolute atomic E-state index is 0.767. The van der Waals surface area contributed by atoms with Gasteiger partial charge in [0, 0.05) is 18.0 Å². The van der Waals surface area contributed by atoms with Gasteiger partial charge in [-0.25, -0.2) is 0 Å². The third kappa shape index (κ3) is 1.25. The van der Waals surface area contributed by atoms with Gasteiger partial charge in [-0.3, -0.25) is 4.99 Å². The van der Waals surface area contributed by atoms with E-state index in [4.69, 9.17) is 4.42 Å². The monoisotopic (exact) mass is 185 g/mol. The van der Waals surface area contributed by atoms with Gasteiger partial charge in [-0.15, -0.1) is 0 Å². The van der Waals surface area contributed by atoms with Gasteiger partial charge in [0.15, 0.2) is 5.76 Å². The minimum Gasteiger partial charge on any atom is -0.454 e. The fraction of sp³-hybridized carbons (Fsp3) is 0.0833. The minimum atomic E-state index is 0.767. The van der Waals surface area contributed by atoms with Crippen LogP contribution in [0.1, 0.15) is 11.3 Å². The van der Waals surface area contributed by atoms with Gasteiger partial charge < -0.3 is 4.42 Å². The van der Waals surface area contributed by atoms with E-state index in [0.717, 1.165) is 22.3 Å². The molecule has 2 rings (SSSR count). The van der Waals surface area contributed by atoms with Crippen LogP contribution in [-0.4, -0.2) is 13.3 Å². The highest BCUT2D eigenvalue weighted by Gasteiger charge is 2.08. The molecule has 1 aromatic carbocycles. The molecule has 2 heteroatoms. The van der Waals surface area contributed by atoms with E-state index < -0.39 is 0 Å². The van der Waals surface area contributed by atoms with Gasteiger partial charge in [-0.1, -0.05) is 30.9 Å². The highest BCUT2D eigenvalue weighted by Crippen LogP contribution is 2.25. The van der Waals surface area contributed by atoms with Crippen LogP contribution in [0.3, 0.4) is 0 Å². The van der Waals surface area contributed by atoms with Crippen LogP contribution in [-0.2, 0) is 0 Å². The van der Waals surface area contributed by atoms with Crippen molar-refractivity contribution in [2.24, 2.45) is 4.99 Å². The van der Waals surface area contributed by atoms with Crippen molar-refractivity contribution < 1.29 is 4.42 Å². The van der Waals surface area contributed by atoms with Gasteiger partial charge in [0.2, 0.25) is 0 Å². The quantitative estimate of drug-likeness (QED) is 0.660. The average molecular weight is 185 g/mol. The zero-order chi connectivity index (χ0) is 9.97. The van der Waals surface area contributed by atoms with Crippen molar-refractivity contribution in [3.8, 4) is 0 Å². The van der Waals surface area contributed by atoms with Crippen molar-refractivity contribution in [2.75, 3.05) is 7.05 Å². The summed E-state index contributed by atoms with van der Waals surface area (Å²) in [5, 5.41) is 1.08. The van der Waals surface area contributed by atoms with Crippen molar-refractivity contribution >= 4 is 23.3 Å². The Labute approximate surface area is 82.6 Å². The highest BCUT2D eigenvalue weighted by atomic mass is 16.3. The molecular weight excluding hydrogens is 174 g/mol. The summed E-state index contributed by atoms with van der Waals surface area (Å²) >= 11 is 0. The van der Waals surface area contributed by atoms with Crippen LogP contribution in [0.4, 0.5) is 0 Å². The molecule has 0 bridgehead atoms. The second kappa shape index (κ2) is 3.50. The molecule has 0 atom stereocenters. The summed E-state index contributed by atoms with van der Waals surface area (Å²) < 4.78 is 5.61. The maximum Gasteiger partial charge on any atom is 0.153 e. The lowest BCUT2D eigenvalue weighted by Crippen LogP contribution is -1.79. The molecule has 0 saturated heterocycles. The molecule has 0 fully saturated rings. The number of furan rings is 1. The van der Waals surface area contributed by atoms with Crippen LogP contribution < -0.4 is 0 Å². The molecule has 0 amide bonds. The van der Waals surface area contributed by atoms with Gasteiger partial charge in [0.1, 0.15) is 5.58 Å². The number of benzene rings is 1. The zero-order valence-corrected chi connectivity index (χ0v) is 8.03. The van der Waals surface area contributed by atoms with Crippen LogP contribution in [0.2, 0.25) is 0 Å². The molecule has 2 aromatic rings. The second-order valence-corrected chi connectivity index (χ2v) is 2.97. The molecule has 14 heavy (non-hydrogen) atoms. The zero-order valence-electron chi connectivity index (χ0n) is 8.03. The van der Waals surface area contributed by atoms with Crippen molar-refractivity contribution in [3.63, 3.8) is 0 Å². The van der Waals surface area contributed by atoms with Crippen molar-refractivity contribution in [1.82, 2.24) is 0 Å². The molecule has 1 heterocycles. The van der Waals surface area contributed by atoms with Gasteiger partial charge in [0.25, 0.3) is 0 Å². The first-order valence-electron chi connectivity index (χ1n) is 4.43. The Morgan fingerprint density at radius 1 is 1.36 bits per heavy atom. The summed E-state index contributed by atoms with van der Waals surface area (Å²) in [5.41, 5.74) is 1.88. The number of fused-ring (bicyclic) bond motifs is 1. The smallest absolute Gasteiger partial charge is 0.153 e. The van der Waals surface area contributed by atoms with E-state index in [0.29, 0.717) is 0 Å². The standard InChI is InChI=1S/C12H11NO/c1-3-9-10-6-4-5-7-11(10)14-12(9)8-13-2/h3-8H,1H2,2H3/b13-8-. The summed E-state index contributed by atoms with van der Waals surface area (Å²) in [4.78, 5) is 3.94. The van der Waals surface area contributed by atoms with E-state index in [-0.39, 0.29) is 0 Å². The van der Waals surface area contributed by atoms with E-state index in [1.165, 1.54) is 0 Å². The average Bonchev–Trinajstić information content (AvgIpc) is 2.55. The Bertz CT molecular complexity index is 494. The number of para-hydroxylation sites is 1. The van der Waals surface area contributed by atoms with Gasteiger partial charge >= 0.3 is 0 Å². The van der Waals surface area contributed by atoms with Crippen molar-refractivity contribution in [1.29, 1.82) is 0 Å². The van der Waals surface area contributed by atoms with Crippen LogP contribution in [0.5, 0.6) is 0 Å². The highest BCUT2D eigenvalue weighted by molar-refractivity contribution is 5.96. The lowest BCUT2D eigenvalue weighted by molar-refractivity contribution is 0.607. The Morgan fingerprint density at radius 3 is 2.86 bits per heavy atom. The fourth-order valence-corrected chi connectivity index (χ4v) is 1.51. The summed E-state index contributed by atoms with van der Waals surface area (Å²) in [6, 6.07) is 7.89. The van der Waals surface area contributed by atoms with Crippen LogP contribution in [0.15, 0.2) is 40.3 Å². The first-order valence-corrected chi connectivity index (χ1v) is 4.43. The Kier molecular flexibility index (Phi) is 2.19. The van der Waals surface area contributed by atoms with Gasteiger partial charge in [-0.2, -0.15) is 0 Å². The van der Waals surface area contributed by atoms with Crippen molar-refractivity contribution in [3.05, 3.63) is 42.2 Å². The third-order valence-corrected chi connectivity index (χ3v) is 2.11. The largest absolute Gasteiger partial charge is 0.454 e. The lowest BCUT2D eigenvalue weighted by atomic mass is 10.1. The van der Waals surface area contributed by atoms with Crippen LogP contribution in [0, 0.1) is 0 Å². The molecule has 0 saturated carbocycles. The maximum atomic E-state index is 5.61. The Morgan fingerprint density at radius 2 is 2.14 bits per heavy atom. The Balaban J connectivity index is 2.78. The number of nitrogens with zero attached hydrogens (tertiary/aromatic N) is 1. The van der Waals surface area contributed by atoms with E-state index in [9.17, 15) is 0 Å². The molecule has 70 valence electrons. The molecule has 0 spiro atoms. The van der Waals surface area contributed by atoms with Crippen LogP contribution >= 0.6 is 0 Å². The first kappa shape index (κ1) is 8.75. The summed E-state index contributed by atoms with van der Waals surface area (Å²) in [7, 11) is 1.72. The predicted octanol–water partition coefficient (Wildman–Crippen LogP) is 3.12. The number of rotatable bonds is 2. The lowest BCUT2D eigenvalue weighted by Gasteiger charge is -1.88. The topological polar surface area (TPSA) is 25.5 Å². The van der Waals surface area contributed by atoms with E-state index in [2.05, 4.69) is 11.6 Å². The van der Waals surface area contributed by atoms with Gasteiger partial charge in [-0.05, 0) is 6.07 Å². The SMILES string of the molecule is C=Cc1c(/C=N\C)oc2ccccc12. The second-order valence-electron chi connectivity index (χ2n) is 2.97. The molecular formula is C12H11NO. The molecule has 0 unspecified atom stereocenters. The summed E-state index contributed by atoms with van der Waals surface area (Å²) in [6.45, 7) is 3.77. The third-order valence-electron chi connectivity index (χ3n) is 2.11. The van der Waals surface area contributed by atoms with E-state index in [1.54, 1.807) is 19.3 Å².